The van der Waals surface area contributed by atoms with E-state index in [9.17, 15) is 9.90 Å². The number of hydrogen-bond acceptors (Lipinski definition) is 5. The lowest BCUT2D eigenvalue weighted by molar-refractivity contribution is -0.265. The molecule has 1 aliphatic heterocycles. The standard InChI is InChI=1S/C27H31NO5S/c1-19-17-23(9-6-22(19)18-27(26(29)30)32-14-4-15-33-27)31-16-13-28-20(2)5-12-25(28)21-7-10-24(34-3)11-8-21/h5-12,17H,4,13-16,18H2,1-3H3,(H,29,30). The zero-order valence-corrected chi connectivity index (χ0v) is 20.7. The van der Waals surface area contributed by atoms with Crippen LogP contribution >= 0.6 is 11.8 Å². The van der Waals surface area contributed by atoms with Crippen molar-refractivity contribution in [2.45, 2.75) is 43.9 Å². The van der Waals surface area contributed by atoms with Gasteiger partial charge in [-0.3, -0.25) is 0 Å². The number of ether oxygens (including phenoxy) is 3. The van der Waals surface area contributed by atoms with Crippen molar-refractivity contribution in [1.82, 2.24) is 4.57 Å². The van der Waals surface area contributed by atoms with Crippen molar-refractivity contribution in [3.63, 3.8) is 0 Å². The molecule has 0 atom stereocenters. The molecule has 0 unspecified atom stereocenters. The Morgan fingerprint density at radius 2 is 1.82 bits per heavy atom. The predicted molar refractivity (Wildman–Crippen MR) is 134 cm³/mol. The van der Waals surface area contributed by atoms with Gasteiger partial charge in [0.2, 0.25) is 0 Å². The average Bonchev–Trinajstić information content (AvgIpc) is 3.21. The van der Waals surface area contributed by atoms with Gasteiger partial charge in [0.05, 0.1) is 19.8 Å². The molecule has 0 spiro atoms. The highest BCUT2D eigenvalue weighted by Gasteiger charge is 2.43. The molecule has 0 amide bonds. The van der Waals surface area contributed by atoms with Crippen molar-refractivity contribution < 1.29 is 24.1 Å². The molecule has 2 heterocycles. The molecular formula is C27H31NO5S. The summed E-state index contributed by atoms with van der Waals surface area (Å²) in [5.41, 5.74) is 5.36. The maximum atomic E-state index is 11.8. The first-order chi connectivity index (χ1) is 16.4. The number of aliphatic carboxylic acids is 1. The Kier molecular flexibility index (Phi) is 7.66. The molecule has 1 N–H and O–H groups in total. The summed E-state index contributed by atoms with van der Waals surface area (Å²) in [7, 11) is 0. The van der Waals surface area contributed by atoms with E-state index in [4.69, 9.17) is 14.2 Å². The summed E-state index contributed by atoms with van der Waals surface area (Å²) >= 11 is 1.74. The highest BCUT2D eigenvalue weighted by atomic mass is 32.2. The molecule has 4 rings (SSSR count). The van der Waals surface area contributed by atoms with E-state index in [-0.39, 0.29) is 6.42 Å². The minimum Gasteiger partial charge on any atom is -0.492 e. The van der Waals surface area contributed by atoms with Crippen molar-refractivity contribution in [3.05, 3.63) is 71.4 Å². The van der Waals surface area contributed by atoms with Crippen LogP contribution in [0.15, 0.2) is 59.5 Å². The lowest BCUT2D eigenvalue weighted by Crippen LogP contribution is -2.49. The first-order valence-corrected chi connectivity index (χ1v) is 12.7. The number of carbonyl (C=O) groups is 1. The summed E-state index contributed by atoms with van der Waals surface area (Å²) in [5.74, 6) is -1.94. The zero-order chi connectivity index (χ0) is 24.1. The van der Waals surface area contributed by atoms with E-state index < -0.39 is 11.8 Å². The fraction of sp³-hybridized carbons (Fsp3) is 0.370. The Morgan fingerprint density at radius 1 is 1.09 bits per heavy atom. The molecule has 7 heteroatoms. The van der Waals surface area contributed by atoms with Crippen molar-refractivity contribution in [2.24, 2.45) is 0 Å². The Morgan fingerprint density at radius 3 is 2.47 bits per heavy atom. The van der Waals surface area contributed by atoms with Crippen LogP contribution in [-0.2, 0) is 27.2 Å². The van der Waals surface area contributed by atoms with Crippen LogP contribution in [0.5, 0.6) is 5.75 Å². The molecule has 0 saturated carbocycles. The zero-order valence-electron chi connectivity index (χ0n) is 19.9. The van der Waals surface area contributed by atoms with Crippen LogP contribution in [0.4, 0.5) is 0 Å². The summed E-state index contributed by atoms with van der Waals surface area (Å²) in [6.45, 7) is 6.07. The van der Waals surface area contributed by atoms with Gasteiger partial charge in [0.15, 0.2) is 0 Å². The number of carboxylic acids is 1. The first-order valence-electron chi connectivity index (χ1n) is 11.5. The molecule has 2 aromatic carbocycles. The molecule has 1 fully saturated rings. The third kappa shape index (κ3) is 5.32. The number of aromatic nitrogens is 1. The van der Waals surface area contributed by atoms with Crippen molar-refractivity contribution in [1.29, 1.82) is 0 Å². The fourth-order valence-corrected chi connectivity index (χ4v) is 4.63. The number of hydrogen-bond donors (Lipinski definition) is 1. The molecular weight excluding hydrogens is 450 g/mol. The van der Waals surface area contributed by atoms with Crippen molar-refractivity contribution in [2.75, 3.05) is 26.1 Å². The van der Waals surface area contributed by atoms with E-state index in [1.807, 2.05) is 25.1 Å². The van der Waals surface area contributed by atoms with Gasteiger partial charge in [-0.05, 0) is 79.6 Å². The van der Waals surface area contributed by atoms with Gasteiger partial charge in [-0.25, -0.2) is 4.79 Å². The second-order valence-electron chi connectivity index (χ2n) is 8.46. The van der Waals surface area contributed by atoms with Gasteiger partial charge in [-0.15, -0.1) is 11.8 Å². The number of aryl methyl sites for hydroxylation is 2. The van der Waals surface area contributed by atoms with Crippen molar-refractivity contribution in [3.8, 4) is 17.0 Å². The largest absolute Gasteiger partial charge is 0.492 e. The van der Waals surface area contributed by atoms with Crippen LogP contribution in [0, 0.1) is 13.8 Å². The van der Waals surface area contributed by atoms with Gasteiger partial charge in [0, 0.05) is 22.7 Å². The van der Waals surface area contributed by atoms with E-state index >= 15 is 0 Å². The normalized spacial score (nSPS) is 15.3. The monoisotopic (exact) mass is 481 g/mol. The third-order valence-corrected chi connectivity index (χ3v) is 6.93. The topological polar surface area (TPSA) is 69.9 Å². The van der Waals surface area contributed by atoms with Gasteiger partial charge in [-0.2, -0.15) is 0 Å². The summed E-state index contributed by atoms with van der Waals surface area (Å²) < 4.78 is 19.4. The van der Waals surface area contributed by atoms with Crippen LogP contribution in [0.1, 0.15) is 23.2 Å². The third-order valence-electron chi connectivity index (χ3n) is 6.19. The smallest absolute Gasteiger partial charge is 0.364 e. The van der Waals surface area contributed by atoms with Gasteiger partial charge in [0.25, 0.3) is 5.79 Å². The highest BCUT2D eigenvalue weighted by Crippen LogP contribution is 2.28. The average molecular weight is 482 g/mol. The van der Waals surface area contributed by atoms with Crippen LogP contribution < -0.4 is 4.74 Å². The molecule has 1 aromatic heterocycles. The molecule has 0 bridgehead atoms. The maximum absolute atomic E-state index is 11.8. The SMILES string of the molecule is CSc1ccc(-c2ccc(C)n2CCOc2ccc(CC3(C(=O)O)OCCCO3)c(C)c2)cc1. The molecule has 180 valence electrons. The Bertz CT molecular complexity index is 1130. The summed E-state index contributed by atoms with van der Waals surface area (Å²) in [6, 6.07) is 18.6. The number of thioether (sulfide) groups is 1. The quantitative estimate of drug-likeness (QED) is 0.417. The minimum atomic E-state index is -1.61. The second-order valence-corrected chi connectivity index (χ2v) is 9.34. The number of carboxylic acid groups (broad SMARTS) is 1. The molecule has 0 aliphatic carbocycles. The molecule has 6 nitrogen and oxygen atoms in total. The fourth-order valence-electron chi connectivity index (χ4n) is 4.22. The van der Waals surface area contributed by atoms with Gasteiger partial charge in [0.1, 0.15) is 12.4 Å². The van der Waals surface area contributed by atoms with Crippen molar-refractivity contribution >= 4 is 17.7 Å². The van der Waals surface area contributed by atoms with Gasteiger partial charge >= 0.3 is 5.97 Å². The Labute approximate surface area is 204 Å². The molecule has 1 saturated heterocycles. The number of nitrogens with zero attached hydrogens (tertiary/aromatic N) is 1. The van der Waals surface area contributed by atoms with Gasteiger partial charge < -0.3 is 23.9 Å². The number of rotatable bonds is 9. The van der Waals surface area contributed by atoms with E-state index in [0.29, 0.717) is 26.2 Å². The lowest BCUT2D eigenvalue weighted by Gasteiger charge is -2.33. The van der Waals surface area contributed by atoms with Gasteiger partial charge in [-0.1, -0.05) is 18.2 Å². The predicted octanol–water partition coefficient (Wildman–Crippen LogP) is 5.33. The highest BCUT2D eigenvalue weighted by molar-refractivity contribution is 7.98. The van der Waals surface area contributed by atoms with Crippen LogP contribution in [-0.4, -0.2) is 47.5 Å². The van der Waals surface area contributed by atoms with Crippen LogP contribution in [0.2, 0.25) is 0 Å². The lowest BCUT2D eigenvalue weighted by atomic mass is 9.99. The number of benzene rings is 2. The first kappa shape index (κ1) is 24.4. The minimum absolute atomic E-state index is 0.162. The maximum Gasteiger partial charge on any atom is 0.364 e. The Hall–Kier alpha value is -2.74. The molecule has 34 heavy (non-hydrogen) atoms. The summed E-state index contributed by atoms with van der Waals surface area (Å²) in [6.07, 6.45) is 2.94. The molecule has 3 aromatic rings. The van der Waals surface area contributed by atoms with E-state index in [1.165, 1.54) is 21.8 Å². The summed E-state index contributed by atoms with van der Waals surface area (Å²) in [4.78, 5) is 13.1. The molecule has 0 radical (unpaired) electrons. The Balaban J connectivity index is 1.41. The van der Waals surface area contributed by atoms with E-state index in [1.54, 1.807) is 11.8 Å². The summed E-state index contributed by atoms with van der Waals surface area (Å²) in [5, 5.41) is 9.68. The molecule has 1 aliphatic rings. The second kappa shape index (κ2) is 10.7. The van der Waals surface area contributed by atoms with Crippen LogP contribution in [0.25, 0.3) is 11.3 Å². The van der Waals surface area contributed by atoms with E-state index in [0.717, 1.165) is 23.4 Å². The van der Waals surface area contributed by atoms with E-state index in [2.05, 4.69) is 54.1 Å². The van der Waals surface area contributed by atoms with Crippen LogP contribution in [0.3, 0.4) is 0 Å².